The first-order valence-corrected chi connectivity index (χ1v) is 8.91. The summed E-state index contributed by atoms with van der Waals surface area (Å²) in [5, 5.41) is 9.01. The summed E-state index contributed by atoms with van der Waals surface area (Å²) in [6.07, 6.45) is 0. The summed E-state index contributed by atoms with van der Waals surface area (Å²) >= 11 is 3.33. The standard InChI is InChI=1S/C17H17N3S2/c1-3-18-17-20(19-13(2)16-10-7-11-21-16)15(12-22-17)14-8-5-4-6-9-14/h4-12H,3H2,1-2H3. The van der Waals surface area contributed by atoms with Gasteiger partial charge >= 0.3 is 0 Å². The van der Waals surface area contributed by atoms with E-state index in [1.165, 1.54) is 4.88 Å². The lowest BCUT2D eigenvalue weighted by atomic mass is 10.2. The predicted molar refractivity (Wildman–Crippen MR) is 95.8 cm³/mol. The zero-order valence-corrected chi connectivity index (χ0v) is 14.2. The second-order valence-corrected chi connectivity index (χ2v) is 6.50. The minimum absolute atomic E-state index is 0.752. The van der Waals surface area contributed by atoms with Crippen LogP contribution in [-0.4, -0.2) is 16.9 Å². The second kappa shape index (κ2) is 6.85. The molecule has 0 unspecified atom stereocenters. The van der Waals surface area contributed by atoms with Crippen LogP contribution < -0.4 is 4.80 Å². The Hall–Kier alpha value is -1.98. The van der Waals surface area contributed by atoms with Crippen LogP contribution in [0.5, 0.6) is 0 Å². The van der Waals surface area contributed by atoms with Crippen molar-refractivity contribution in [3.63, 3.8) is 0 Å². The lowest BCUT2D eigenvalue weighted by Gasteiger charge is -2.05. The third-order valence-corrected chi connectivity index (χ3v) is 5.01. The van der Waals surface area contributed by atoms with Crippen molar-refractivity contribution in [1.82, 2.24) is 4.68 Å². The largest absolute Gasteiger partial charge is 0.258 e. The molecule has 0 aliphatic carbocycles. The van der Waals surface area contributed by atoms with E-state index in [1.807, 2.05) is 42.8 Å². The van der Waals surface area contributed by atoms with Crippen molar-refractivity contribution in [3.8, 4) is 11.3 Å². The number of nitrogens with zero attached hydrogens (tertiary/aromatic N) is 3. The van der Waals surface area contributed by atoms with E-state index >= 15 is 0 Å². The molecule has 2 heterocycles. The summed E-state index contributed by atoms with van der Waals surface area (Å²) in [6, 6.07) is 14.5. The van der Waals surface area contributed by atoms with Gasteiger partial charge in [-0.1, -0.05) is 36.4 Å². The van der Waals surface area contributed by atoms with Crippen LogP contribution in [0.15, 0.2) is 63.3 Å². The molecule has 0 fully saturated rings. The molecule has 1 aromatic carbocycles. The fourth-order valence-corrected chi connectivity index (χ4v) is 3.70. The van der Waals surface area contributed by atoms with Gasteiger partial charge in [0.25, 0.3) is 0 Å². The first-order valence-electron chi connectivity index (χ1n) is 7.15. The van der Waals surface area contributed by atoms with Gasteiger partial charge in [0, 0.05) is 17.5 Å². The fraction of sp³-hybridized carbons (Fsp3) is 0.176. The Morgan fingerprint density at radius 1 is 1.09 bits per heavy atom. The number of thiophene rings is 1. The molecule has 0 N–H and O–H groups in total. The van der Waals surface area contributed by atoms with Crippen molar-refractivity contribution in [2.75, 3.05) is 6.54 Å². The van der Waals surface area contributed by atoms with Crippen LogP contribution in [0.25, 0.3) is 11.3 Å². The highest BCUT2D eigenvalue weighted by Crippen LogP contribution is 2.20. The van der Waals surface area contributed by atoms with Crippen molar-refractivity contribution in [3.05, 3.63) is 62.9 Å². The highest BCUT2D eigenvalue weighted by atomic mass is 32.1. The predicted octanol–water partition coefficient (Wildman–Crippen LogP) is 4.47. The lowest BCUT2D eigenvalue weighted by Crippen LogP contribution is -2.14. The maximum atomic E-state index is 4.82. The van der Waals surface area contributed by atoms with Crippen molar-refractivity contribution < 1.29 is 0 Å². The van der Waals surface area contributed by atoms with E-state index in [2.05, 4.69) is 34.0 Å². The molecule has 3 rings (SSSR count). The number of hydrogen-bond acceptors (Lipinski definition) is 4. The SMILES string of the molecule is CCN=c1scc(-c2ccccc2)n1N=C(C)c1cccs1. The van der Waals surface area contributed by atoms with E-state index in [4.69, 9.17) is 5.10 Å². The summed E-state index contributed by atoms with van der Waals surface area (Å²) in [5.74, 6) is 0. The van der Waals surface area contributed by atoms with E-state index in [1.54, 1.807) is 22.7 Å². The van der Waals surface area contributed by atoms with Gasteiger partial charge in [-0.05, 0) is 25.3 Å². The number of thiazole rings is 1. The molecule has 0 atom stereocenters. The van der Waals surface area contributed by atoms with E-state index in [9.17, 15) is 0 Å². The van der Waals surface area contributed by atoms with Crippen LogP contribution in [0.3, 0.4) is 0 Å². The molecule has 112 valence electrons. The minimum Gasteiger partial charge on any atom is -0.258 e. The molecule has 3 aromatic rings. The van der Waals surface area contributed by atoms with Gasteiger partial charge in [0.05, 0.1) is 16.3 Å². The number of aromatic nitrogens is 1. The highest BCUT2D eigenvalue weighted by Gasteiger charge is 2.08. The molecule has 0 radical (unpaired) electrons. The van der Waals surface area contributed by atoms with E-state index in [0.29, 0.717) is 0 Å². The fourth-order valence-electron chi connectivity index (χ4n) is 2.13. The van der Waals surface area contributed by atoms with Gasteiger partial charge in [-0.3, -0.25) is 4.99 Å². The van der Waals surface area contributed by atoms with E-state index < -0.39 is 0 Å². The molecule has 0 saturated heterocycles. The monoisotopic (exact) mass is 327 g/mol. The Morgan fingerprint density at radius 3 is 2.59 bits per heavy atom. The average Bonchev–Trinajstić information content (AvgIpc) is 3.19. The Bertz CT molecular complexity index is 824. The van der Waals surface area contributed by atoms with Crippen LogP contribution in [0.2, 0.25) is 0 Å². The van der Waals surface area contributed by atoms with E-state index in [0.717, 1.165) is 28.3 Å². The second-order valence-electron chi connectivity index (χ2n) is 4.72. The minimum atomic E-state index is 0.752. The molecule has 0 bridgehead atoms. The molecule has 3 nitrogen and oxygen atoms in total. The Balaban J connectivity index is 2.15. The highest BCUT2D eigenvalue weighted by molar-refractivity contribution is 7.12. The third kappa shape index (κ3) is 3.10. The zero-order valence-electron chi connectivity index (χ0n) is 12.6. The van der Waals surface area contributed by atoms with Gasteiger partial charge in [0.15, 0.2) is 0 Å². The molecule has 2 aromatic heterocycles. The smallest absolute Gasteiger partial charge is 0.206 e. The van der Waals surface area contributed by atoms with Crippen LogP contribution in [0, 0.1) is 0 Å². The summed E-state index contributed by atoms with van der Waals surface area (Å²) in [7, 11) is 0. The van der Waals surface area contributed by atoms with Gasteiger partial charge in [-0.25, -0.2) is 4.68 Å². The average molecular weight is 327 g/mol. The molecule has 0 spiro atoms. The van der Waals surface area contributed by atoms with Crippen molar-refractivity contribution in [2.24, 2.45) is 10.1 Å². The van der Waals surface area contributed by atoms with Crippen LogP contribution in [0.1, 0.15) is 18.7 Å². The zero-order chi connectivity index (χ0) is 15.4. The summed E-state index contributed by atoms with van der Waals surface area (Å²) in [6.45, 7) is 4.84. The maximum Gasteiger partial charge on any atom is 0.206 e. The molecule has 5 heteroatoms. The van der Waals surface area contributed by atoms with Crippen molar-refractivity contribution in [2.45, 2.75) is 13.8 Å². The van der Waals surface area contributed by atoms with Gasteiger partial charge < -0.3 is 0 Å². The summed E-state index contributed by atoms with van der Waals surface area (Å²) in [4.78, 5) is 6.67. The molecular formula is C17H17N3S2. The number of benzene rings is 1. The molecule has 22 heavy (non-hydrogen) atoms. The molecule has 0 amide bonds. The molecule has 0 aliphatic heterocycles. The van der Waals surface area contributed by atoms with Crippen LogP contribution >= 0.6 is 22.7 Å². The first-order chi connectivity index (χ1) is 10.8. The molecule has 0 aliphatic rings. The molecule has 0 saturated carbocycles. The Labute approximate surface area is 137 Å². The molecular weight excluding hydrogens is 310 g/mol. The van der Waals surface area contributed by atoms with Gasteiger partial charge in [-0.15, -0.1) is 22.7 Å². The maximum absolute atomic E-state index is 4.82. The Kier molecular flexibility index (Phi) is 4.65. The number of hydrogen-bond donors (Lipinski definition) is 0. The lowest BCUT2D eigenvalue weighted by molar-refractivity contribution is 0.828. The van der Waals surface area contributed by atoms with Crippen molar-refractivity contribution >= 4 is 28.4 Å². The van der Waals surface area contributed by atoms with Crippen LogP contribution in [-0.2, 0) is 0 Å². The van der Waals surface area contributed by atoms with Gasteiger partial charge in [0.1, 0.15) is 0 Å². The first kappa shape index (κ1) is 14.9. The van der Waals surface area contributed by atoms with Gasteiger partial charge in [0.2, 0.25) is 4.80 Å². The topological polar surface area (TPSA) is 29.6 Å². The quantitative estimate of drug-likeness (QED) is 0.633. The summed E-state index contributed by atoms with van der Waals surface area (Å²) in [5.41, 5.74) is 3.23. The normalized spacial score (nSPS) is 12.8. The third-order valence-electron chi connectivity index (χ3n) is 3.18. The van der Waals surface area contributed by atoms with E-state index in [-0.39, 0.29) is 0 Å². The Morgan fingerprint density at radius 2 is 1.91 bits per heavy atom. The van der Waals surface area contributed by atoms with Crippen molar-refractivity contribution in [1.29, 1.82) is 0 Å². The van der Waals surface area contributed by atoms with Crippen LogP contribution in [0.4, 0.5) is 0 Å². The summed E-state index contributed by atoms with van der Waals surface area (Å²) < 4.78 is 1.96. The van der Waals surface area contributed by atoms with Gasteiger partial charge in [-0.2, -0.15) is 5.10 Å². The number of rotatable bonds is 4.